The fraction of sp³-hybridized carbons (Fsp3) is 0.941. The number of hydrogen-bond donors (Lipinski definition) is 0. The number of carbonyl (C=O) groups excluding carboxylic acids is 1. The van der Waals surface area contributed by atoms with Gasteiger partial charge in [0.1, 0.15) is 29.7 Å². The first-order chi connectivity index (χ1) is 12.0. The van der Waals surface area contributed by atoms with E-state index in [1.165, 1.54) is 0 Å². The molecule has 6 aliphatic rings. The van der Waals surface area contributed by atoms with Crippen LogP contribution in [0.5, 0.6) is 0 Å². The van der Waals surface area contributed by atoms with Crippen molar-refractivity contribution in [1.29, 1.82) is 0 Å². The highest BCUT2D eigenvalue weighted by Gasteiger charge is 2.61. The lowest BCUT2D eigenvalue weighted by Crippen LogP contribution is -2.27. The van der Waals surface area contributed by atoms with Gasteiger partial charge in [-0.3, -0.25) is 8.98 Å². The van der Waals surface area contributed by atoms with Crippen molar-refractivity contribution < 1.29 is 31.6 Å². The van der Waals surface area contributed by atoms with E-state index in [2.05, 4.69) is 0 Å². The van der Waals surface area contributed by atoms with Crippen molar-refractivity contribution in [3.63, 3.8) is 0 Å². The summed E-state index contributed by atoms with van der Waals surface area (Å²) in [6, 6.07) is 0. The summed E-state index contributed by atoms with van der Waals surface area (Å²) in [5.41, 5.74) is 0. The number of esters is 1. The van der Waals surface area contributed by atoms with Crippen LogP contribution in [0.3, 0.4) is 0 Å². The molecular formula is C17H28O7S. The number of ether oxygens (including phenoxy) is 3. The lowest BCUT2D eigenvalue weighted by atomic mass is 9.90. The van der Waals surface area contributed by atoms with Gasteiger partial charge in [-0.2, -0.15) is 8.42 Å². The third-order valence-corrected chi connectivity index (χ3v) is 7.11. The molecule has 25 heavy (non-hydrogen) atoms. The minimum Gasteiger partial charge on any atom is -0.459 e. The standard InChI is InChI=1S/C7H8O3.C6H8O4S.2C2H6/c8-7-4-1-3-2-5(10-7)6(4)9-3;7-11(8)5-2-3-1-4(10-11)6(5)9-3;2*1-2/h3-6H,1-2H2;3-6H,1-2H2;2*1-2H3. The van der Waals surface area contributed by atoms with Crippen molar-refractivity contribution in [3.8, 4) is 0 Å². The maximum Gasteiger partial charge on any atom is 0.312 e. The number of hydrogen-bond acceptors (Lipinski definition) is 7. The summed E-state index contributed by atoms with van der Waals surface area (Å²) < 4.78 is 43.2. The van der Waals surface area contributed by atoms with Crippen LogP contribution in [-0.2, 0) is 33.3 Å². The first-order valence-corrected chi connectivity index (χ1v) is 10.9. The molecule has 6 fully saturated rings. The molecule has 8 unspecified atom stereocenters. The second kappa shape index (κ2) is 7.13. The lowest BCUT2D eigenvalue weighted by Gasteiger charge is -2.07. The highest BCUT2D eigenvalue weighted by molar-refractivity contribution is 7.87. The highest BCUT2D eigenvalue weighted by Crippen LogP contribution is 2.46. The summed E-state index contributed by atoms with van der Waals surface area (Å²) in [5.74, 6) is 0.0544. The van der Waals surface area contributed by atoms with Crippen LogP contribution in [0.1, 0.15) is 53.4 Å². The van der Waals surface area contributed by atoms with Gasteiger partial charge in [-0.05, 0) is 12.8 Å². The normalized spacial score (nSPS) is 47.9. The Balaban J connectivity index is 0.000000123. The Morgan fingerprint density at radius 2 is 1.44 bits per heavy atom. The van der Waals surface area contributed by atoms with E-state index in [-0.39, 0.29) is 47.7 Å². The van der Waals surface area contributed by atoms with Crippen molar-refractivity contribution in [1.82, 2.24) is 0 Å². The van der Waals surface area contributed by atoms with Crippen molar-refractivity contribution in [2.24, 2.45) is 5.92 Å². The molecule has 8 heteroatoms. The van der Waals surface area contributed by atoms with E-state index in [1.807, 2.05) is 27.7 Å². The third kappa shape index (κ3) is 3.11. The highest BCUT2D eigenvalue weighted by atomic mass is 32.2. The molecule has 8 atom stereocenters. The SMILES string of the molecule is CC.CC.O=C1OC2CC3CC1C2O3.O=S1(=O)OC2CC3CC1C2O3. The molecule has 6 aliphatic heterocycles. The first kappa shape index (κ1) is 19.1. The summed E-state index contributed by atoms with van der Waals surface area (Å²) in [4.78, 5) is 11.0. The topological polar surface area (TPSA) is 88.1 Å². The molecule has 7 nitrogen and oxygen atoms in total. The van der Waals surface area contributed by atoms with Crippen molar-refractivity contribution >= 4 is 16.1 Å². The molecule has 0 saturated carbocycles. The van der Waals surface area contributed by atoms with Gasteiger partial charge >= 0.3 is 5.97 Å². The maximum absolute atomic E-state index is 11.2. The maximum atomic E-state index is 11.2. The zero-order valence-electron chi connectivity index (χ0n) is 15.2. The van der Waals surface area contributed by atoms with Crippen LogP contribution >= 0.6 is 0 Å². The van der Waals surface area contributed by atoms with Gasteiger partial charge in [-0.15, -0.1) is 0 Å². The fourth-order valence-electron chi connectivity index (χ4n) is 4.51. The molecule has 0 aliphatic carbocycles. The van der Waals surface area contributed by atoms with Gasteiger partial charge in [0.2, 0.25) is 0 Å². The Morgan fingerprint density at radius 3 is 1.92 bits per heavy atom. The minimum absolute atomic E-state index is 0.0324. The van der Waals surface area contributed by atoms with Gasteiger partial charge in [-0.1, -0.05) is 27.7 Å². The second-order valence-electron chi connectivity index (χ2n) is 6.64. The Labute approximate surface area is 149 Å². The average molecular weight is 376 g/mol. The van der Waals surface area contributed by atoms with E-state index in [0.717, 1.165) is 19.3 Å². The molecule has 0 radical (unpaired) electrons. The lowest BCUT2D eigenvalue weighted by molar-refractivity contribution is -0.143. The predicted molar refractivity (Wildman–Crippen MR) is 89.4 cm³/mol. The van der Waals surface area contributed by atoms with E-state index in [4.69, 9.17) is 18.4 Å². The number of carbonyl (C=O) groups is 1. The monoisotopic (exact) mass is 376 g/mol. The first-order valence-electron chi connectivity index (χ1n) is 9.45. The average Bonchev–Trinajstić information content (AvgIpc) is 3.39. The van der Waals surface area contributed by atoms with Gasteiger partial charge in [0.05, 0.1) is 18.1 Å². The van der Waals surface area contributed by atoms with E-state index < -0.39 is 10.1 Å². The van der Waals surface area contributed by atoms with Crippen LogP contribution in [0.15, 0.2) is 0 Å². The molecule has 6 heterocycles. The number of fused-ring (bicyclic) bond motifs is 2. The van der Waals surface area contributed by atoms with Crippen molar-refractivity contribution in [2.75, 3.05) is 0 Å². The zero-order valence-corrected chi connectivity index (χ0v) is 16.0. The molecule has 0 aromatic carbocycles. The van der Waals surface area contributed by atoms with Crippen LogP contribution in [0.25, 0.3) is 0 Å². The van der Waals surface area contributed by atoms with Gasteiger partial charge in [0.25, 0.3) is 10.1 Å². The van der Waals surface area contributed by atoms with Crippen molar-refractivity contribution in [3.05, 3.63) is 0 Å². The molecule has 0 aromatic heterocycles. The summed E-state index contributed by atoms with van der Waals surface area (Å²) >= 11 is 0. The van der Waals surface area contributed by atoms with Crippen LogP contribution in [-0.4, -0.2) is 56.3 Å². The minimum atomic E-state index is -3.26. The molecular weight excluding hydrogens is 348 g/mol. The summed E-state index contributed by atoms with van der Waals surface area (Å²) in [6.45, 7) is 8.00. The molecule has 6 rings (SSSR count). The summed E-state index contributed by atoms with van der Waals surface area (Å²) in [6.07, 6.45) is 3.64. The van der Waals surface area contributed by atoms with Crippen LogP contribution in [0.4, 0.5) is 0 Å². The van der Waals surface area contributed by atoms with E-state index in [9.17, 15) is 13.2 Å². The summed E-state index contributed by atoms with van der Waals surface area (Å²) in [7, 11) is -3.26. The Hall–Kier alpha value is -0.700. The molecule has 144 valence electrons. The molecule has 0 spiro atoms. The molecule has 0 amide bonds. The molecule has 0 aromatic rings. The molecule has 4 bridgehead atoms. The summed E-state index contributed by atoms with van der Waals surface area (Å²) in [5, 5.41) is -0.355. The van der Waals surface area contributed by atoms with Crippen molar-refractivity contribution in [2.45, 2.75) is 95.3 Å². The molecule has 0 N–H and O–H groups in total. The van der Waals surface area contributed by atoms with Crippen LogP contribution in [0, 0.1) is 5.92 Å². The number of rotatable bonds is 0. The largest absolute Gasteiger partial charge is 0.459 e. The Morgan fingerprint density at radius 1 is 0.840 bits per heavy atom. The quantitative estimate of drug-likeness (QED) is 0.470. The van der Waals surface area contributed by atoms with Crippen LogP contribution < -0.4 is 0 Å². The zero-order chi connectivity index (χ0) is 18.4. The van der Waals surface area contributed by atoms with Gasteiger partial charge < -0.3 is 14.2 Å². The van der Waals surface area contributed by atoms with E-state index in [1.54, 1.807) is 0 Å². The van der Waals surface area contributed by atoms with Crippen LogP contribution in [0.2, 0.25) is 0 Å². The van der Waals surface area contributed by atoms with E-state index >= 15 is 0 Å². The van der Waals surface area contributed by atoms with Gasteiger partial charge in [0.15, 0.2) is 0 Å². The smallest absolute Gasteiger partial charge is 0.312 e. The van der Waals surface area contributed by atoms with E-state index in [0.29, 0.717) is 12.5 Å². The second-order valence-corrected chi connectivity index (χ2v) is 8.42. The van der Waals surface area contributed by atoms with Gasteiger partial charge in [-0.25, -0.2) is 0 Å². The fourth-order valence-corrected chi connectivity index (χ4v) is 6.21. The third-order valence-electron chi connectivity index (χ3n) is 5.40. The Bertz CT molecular complexity index is 600. The van der Waals surface area contributed by atoms with Gasteiger partial charge in [0, 0.05) is 12.8 Å². The Kier molecular flexibility index (Phi) is 5.44. The predicted octanol–water partition coefficient (Wildman–Crippen LogP) is 1.79. The molecule has 6 saturated heterocycles.